The number of anilines is 1. The van der Waals surface area contributed by atoms with Gasteiger partial charge in [0, 0.05) is 30.4 Å². The van der Waals surface area contributed by atoms with Crippen LogP contribution in [-0.2, 0) is 6.54 Å². The minimum Gasteiger partial charge on any atom is -0.495 e. The summed E-state index contributed by atoms with van der Waals surface area (Å²) in [4.78, 5) is 20.5. The smallest absolute Gasteiger partial charge is 0.270 e. The van der Waals surface area contributed by atoms with E-state index in [1.165, 1.54) is 0 Å². The largest absolute Gasteiger partial charge is 0.495 e. The molecule has 4 aromatic rings. The molecule has 166 valence electrons. The van der Waals surface area contributed by atoms with Crippen LogP contribution in [0.25, 0.3) is 16.6 Å². The number of fused-ring (bicyclic) bond motifs is 2. The highest BCUT2D eigenvalue weighted by Gasteiger charge is 2.20. The van der Waals surface area contributed by atoms with Crippen LogP contribution < -0.4 is 15.4 Å². The molecule has 1 aliphatic carbocycles. The van der Waals surface area contributed by atoms with E-state index >= 15 is 0 Å². The number of amides is 1. The third-order valence-corrected chi connectivity index (χ3v) is 6.19. The van der Waals surface area contributed by atoms with Gasteiger partial charge in [-0.15, -0.1) is 0 Å². The van der Waals surface area contributed by atoms with Crippen molar-refractivity contribution in [2.75, 3.05) is 12.4 Å². The van der Waals surface area contributed by atoms with Crippen molar-refractivity contribution in [1.29, 1.82) is 0 Å². The molecule has 1 fully saturated rings. The lowest BCUT2D eigenvalue weighted by atomic mass is 9.93. The molecular weight excluding hydrogens is 406 g/mol. The molecule has 1 aliphatic rings. The molecule has 4 N–H and O–H groups in total. The number of pyridine rings is 1. The van der Waals surface area contributed by atoms with Gasteiger partial charge in [-0.2, -0.15) is 0 Å². The van der Waals surface area contributed by atoms with Crippen LogP contribution in [0.4, 0.5) is 5.69 Å². The van der Waals surface area contributed by atoms with E-state index in [9.17, 15) is 9.90 Å². The van der Waals surface area contributed by atoms with Crippen molar-refractivity contribution in [1.82, 2.24) is 19.7 Å². The fourth-order valence-corrected chi connectivity index (χ4v) is 4.55. The minimum absolute atomic E-state index is 0.192. The molecule has 8 nitrogen and oxygen atoms in total. The second-order valence-corrected chi connectivity index (χ2v) is 8.33. The number of H-pyrrole nitrogens is 1. The summed E-state index contributed by atoms with van der Waals surface area (Å²) in [6.07, 6.45) is 8.76. The Morgan fingerprint density at radius 3 is 3.03 bits per heavy atom. The van der Waals surface area contributed by atoms with Gasteiger partial charge in [-0.1, -0.05) is 6.07 Å². The van der Waals surface area contributed by atoms with Crippen LogP contribution in [0.5, 0.6) is 5.75 Å². The van der Waals surface area contributed by atoms with Crippen LogP contribution in [-0.4, -0.2) is 44.6 Å². The SMILES string of the molecule is COc1ccc(CNC(=O)c2cnc3ccc(N[C@H]4CCC[C@H](O)C4)cn23)c2cc[nH]c12. The van der Waals surface area contributed by atoms with Crippen LogP contribution in [0.1, 0.15) is 41.7 Å². The molecule has 0 aliphatic heterocycles. The Morgan fingerprint density at radius 1 is 1.28 bits per heavy atom. The summed E-state index contributed by atoms with van der Waals surface area (Å²) in [7, 11) is 1.64. The first-order chi connectivity index (χ1) is 15.6. The molecule has 0 spiro atoms. The number of benzene rings is 1. The number of nitrogens with zero attached hydrogens (tertiary/aromatic N) is 2. The summed E-state index contributed by atoms with van der Waals surface area (Å²) in [5, 5.41) is 17.4. The zero-order valence-corrected chi connectivity index (χ0v) is 18.0. The van der Waals surface area contributed by atoms with E-state index in [1.807, 2.05) is 42.7 Å². The zero-order chi connectivity index (χ0) is 22.1. The van der Waals surface area contributed by atoms with E-state index in [1.54, 1.807) is 17.7 Å². The monoisotopic (exact) mass is 433 g/mol. The summed E-state index contributed by atoms with van der Waals surface area (Å²) in [6, 6.07) is 9.93. The fourth-order valence-electron chi connectivity index (χ4n) is 4.55. The van der Waals surface area contributed by atoms with Gasteiger partial charge in [0.25, 0.3) is 5.91 Å². The molecule has 0 unspecified atom stereocenters. The Morgan fingerprint density at radius 2 is 2.19 bits per heavy atom. The molecule has 3 aromatic heterocycles. The first kappa shape index (κ1) is 20.4. The van der Waals surface area contributed by atoms with Crippen LogP contribution in [0.15, 0.2) is 48.9 Å². The average Bonchev–Trinajstić information content (AvgIpc) is 3.45. The van der Waals surface area contributed by atoms with Crippen molar-refractivity contribution in [3.05, 3.63) is 60.2 Å². The van der Waals surface area contributed by atoms with E-state index in [-0.39, 0.29) is 18.1 Å². The predicted octanol–water partition coefficient (Wildman–Crippen LogP) is 3.47. The number of aliphatic hydroxyl groups excluding tert-OH is 1. The van der Waals surface area contributed by atoms with Crippen LogP contribution in [0, 0.1) is 0 Å². The number of aliphatic hydroxyl groups is 1. The first-order valence-corrected chi connectivity index (χ1v) is 11.0. The van der Waals surface area contributed by atoms with Crippen molar-refractivity contribution in [3.8, 4) is 5.75 Å². The number of ether oxygens (including phenoxy) is 1. The van der Waals surface area contributed by atoms with Crippen LogP contribution in [0.3, 0.4) is 0 Å². The molecule has 32 heavy (non-hydrogen) atoms. The van der Waals surface area contributed by atoms with Crippen molar-refractivity contribution in [2.45, 2.75) is 44.4 Å². The highest BCUT2D eigenvalue weighted by atomic mass is 16.5. The van der Waals surface area contributed by atoms with Crippen molar-refractivity contribution in [3.63, 3.8) is 0 Å². The number of rotatable bonds is 6. The predicted molar refractivity (Wildman–Crippen MR) is 123 cm³/mol. The maximum Gasteiger partial charge on any atom is 0.270 e. The van der Waals surface area contributed by atoms with E-state index in [4.69, 9.17) is 4.74 Å². The number of aromatic amines is 1. The topological polar surface area (TPSA) is 104 Å². The van der Waals surface area contributed by atoms with E-state index < -0.39 is 0 Å². The Bertz CT molecular complexity index is 1260. The number of aromatic nitrogens is 3. The van der Waals surface area contributed by atoms with Gasteiger partial charge in [0.2, 0.25) is 0 Å². The number of nitrogens with one attached hydrogen (secondary N) is 3. The Labute approximate surface area is 185 Å². The fraction of sp³-hybridized carbons (Fsp3) is 0.333. The summed E-state index contributed by atoms with van der Waals surface area (Å²) < 4.78 is 7.20. The third kappa shape index (κ3) is 3.89. The molecule has 0 bridgehead atoms. The third-order valence-electron chi connectivity index (χ3n) is 6.19. The van der Waals surface area contributed by atoms with Gasteiger partial charge < -0.3 is 25.5 Å². The molecule has 2 atom stereocenters. The Kier molecular flexibility index (Phi) is 5.45. The maximum absolute atomic E-state index is 13.0. The lowest BCUT2D eigenvalue weighted by Gasteiger charge is -2.27. The maximum atomic E-state index is 13.0. The normalized spacial score (nSPS) is 18.7. The second kappa shape index (κ2) is 8.55. The van der Waals surface area contributed by atoms with Gasteiger partial charge in [0.15, 0.2) is 0 Å². The number of hydrogen-bond acceptors (Lipinski definition) is 5. The molecule has 0 saturated heterocycles. The molecule has 3 heterocycles. The van der Waals surface area contributed by atoms with E-state index in [0.717, 1.165) is 53.6 Å². The zero-order valence-electron chi connectivity index (χ0n) is 18.0. The summed E-state index contributed by atoms with van der Waals surface area (Å²) in [6.45, 7) is 0.391. The van der Waals surface area contributed by atoms with Gasteiger partial charge in [-0.25, -0.2) is 4.98 Å². The van der Waals surface area contributed by atoms with Crippen LogP contribution >= 0.6 is 0 Å². The van der Waals surface area contributed by atoms with Gasteiger partial charge in [0.1, 0.15) is 17.1 Å². The Balaban J connectivity index is 1.33. The quantitative estimate of drug-likeness (QED) is 0.373. The van der Waals surface area contributed by atoms with Crippen molar-refractivity contribution < 1.29 is 14.6 Å². The summed E-state index contributed by atoms with van der Waals surface area (Å²) >= 11 is 0. The number of methoxy groups -OCH3 is 1. The highest BCUT2D eigenvalue weighted by molar-refractivity contribution is 5.94. The lowest BCUT2D eigenvalue weighted by Crippen LogP contribution is -2.30. The van der Waals surface area contributed by atoms with Crippen molar-refractivity contribution >= 4 is 28.1 Å². The number of carbonyl (C=O) groups excluding carboxylic acids is 1. The molecule has 1 saturated carbocycles. The molecule has 1 amide bonds. The van der Waals surface area contributed by atoms with E-state index in [0.29, 0.717) is 17.9 Å². The molecule has 0 radical (unpaired) electrons. The van der Waals surface area contributed by atoms with E-state index in [2.05, 4.69) is 20.6 Å². The second-order valence-electron chi connectivity index (χ2n) is 8.33. The van der Waals surface area contributed by atoms with Gasteiger partial charge in [-0.05, 0) is 55.5 Å². The highest BCUT2D eigenvalue weighted by Crippen LogP contribution is 2.27. The average molecular weight is 434 g/mol. The standard InChI is InChI=1S/C24H27N5O3/c1-32-21-7-5-15(19-9-10-25-23(19)21)12-27-24(31)20-13-26-22-8-6-17(14-29(20)22)28-16-3-2-4-18(30)11-16/h5-10,13-14,16,18,25,28,30H,2-4,11-12H2,1H3,(H,27,31)/t16-,18-/m0/s1. The number of carbonyl (C=O) groups is 1. The number of imidazole rings is 1. The van der Waals surface area contributed by atoms with Crippen LogP contribution in [0.2, 0.25) is 0 Å². The lowest BCUT2D eigenvalue weighted by molar-refractivity contribution is 0.0945. The van der Waals surface area contributed by atoms with Crippen molar-refractivity contribution in [2.24, 2.45) is 0 Å². The Hall–Kier alpha value is -3.52. The summed E-state index contributed by atoms with van der Waals surface area (Å²) in [5.41, 5.74) is 4.01. The molecule has 8 heteroatoms. The van der Waals surface area contributed by atoms with Gasteiger partial charge in [0.05, 0.1) is 30.6 Å². The molecule has 5 rings (SSSR count). The van der Waals surface area contributed by atoms with Gasteiger partial charge in [-0.3, -0.25) is 9.20 Å². The minimum atomic E-state index is -0.246. The first-order valence-electron chi connectivity index (χ1n) is 11.0. The summed E-state index contributed by atoms with van der Waals surface area (Å²) in [5.74, 6) is 0.578. The molecule has 1 aromatic carbocycles. The molecular formula is C24H27N5O3. The number of hydrogen-bond donors (Lipinski definition) is 4. The van der Waals surface area contributed by atoms with Gasteiger partial charge >= 0.3 is 0 Å².